The zero-order chi connectivity index (χ0) is 15.3. The van der Waals surface area contributed by atoms with E-state index >= 15 is 0 Å². The number of hydrogen-bond donors (Lipinski definition) is 0. The molecule has 22 heavy (non-hydrogen) atoms. The second kappa shape index (κ2) is 4.85. The normalized spacial score (nSPS) is 13.2. The smallest absolute Gasteiger partial charge is 0.262 e. The number of hydrogen-bond acceptors (Lipinski definition) is 2. The summed E-state index contributed by atoms with van der Waals surface area (Å²) in [6.07, 6.45) is 0.577. The van der Waals surface area contributed by atoms with Gasteiger partial charge >= 0.3 is 0 Å². The van der Waals surface area contributed by atoms with Crippen LogP contribution in [0.2, 0.25) is 5.02 Å². The Morgan fingerprint density at radius 3 is 2.82 bits per heavy atom. The van der Waals surface area contributed by atoms with Gasteiger partial charge in [0.2, 0.25) is 0 Å². The van der Waals surface area contributed by atoms with Crippen LogP contribution in [0.1, 0.15) is 5.56 Å². The average molecular weight is 316 g/mol. The molecule has 0 bridgehead atoms. The van der Waals surface area contributed by atoms with Gasteiger partial charge in [-0.2, -0.15) is 0 Å². The van der Waals surface area contributed by atoms with Gasteiger partial charge in [-0.25, -0.2) is 4.39 Å². The van der Waals surface area contributed by atoms with Gasteiger partial charge in [-0.05, 0) is 30.3 Å². The molecule has 1 aliphatic heterocycles. The molecule has 0 N–H and O–H groups in total. The predicted molar refractivity (Wildman–Crippen MR) is 83.7 cm³/mol. The van der Waals surface area contributed by atoms with Crippen LogP contribution in [-0.2, 0) is 6.42 Å². The van der Waals surface area contributed by atoms with Crippen LogP contribution in [0.15, 0.2) is 47.3 Å². The number of halogens is 2. The highest BCUT2D eigenvalue weighted by Crippen LogP contribution is 2.33. The van der Waals surface area contributed by atoms with Crippen molar-refractivity contribution in [2.24, 2.45) is 0 Å². The topological polar surface area (TPSA) is 31.2 Å². The van der Waals surface area contributed by atoms with Crippen molar-refractivity contribution in [3.8, 4) is 11.4 Å². The maximum atomic E-state index is 13.4. The zero-order valence-corrected chi connectivity index (χ0v) is 12.2. The molecule has 3 aromatic rings. The summed E-state index contributed by atoms with van der Waals surface area (Å²) in [6, 6.07) is 11.8. The highest BCUT2D eigenvalue weighted by atomic mass is 35.5. The lowest BCUT2D eigenvalue weighted by Gasteiger charge is -2.13. The summed E-state index contributed by atoms with van der Waals surface area (Å²) >= 11 is 5.87. The lowest BCUT2D eigenvalue weighted by Crippen LogP contribution is -2.22. The van der Waals surface area contributed by atoms with Crippen molar-refractivity contribution in [3.05, 3.63) is 69.2 Å². The van der Waals surface area contributed by atoms with Crippen molar-refractivity contribution in [1.29, 1.82) is 0 Å². The van der Waals surface area contributed by atoms with Gasteiger partial charge in [0, 0.05) is 11.8 Å². The highest BCUT2D eigenvalue weighted by Gasteiger charge is 2.23. The Labute approximate surface area is 130 Å². The lowest BCUT2D eigenvalue weighted by molar-refractivity contribution is 0.360. The van der Waals surface area contributed by atoms with Gasteiger partial charge in [-0.1, -0.05) is 23.7 Å². The summed E-state index contributed by atoms with van der Waals surface area (Å²) in [5.41, 5.74) is 1.77. The summed E-state index contributed by atoms with van der Waals surface area (Å²) in [7, 11) is 0. The maximum absolute atomic E-state index is 13.4. The summed E-state index contributed by atoms with van der Waals surface area (Å²) in [5, 5.41) is 0.861. The fraction of sp³-hybridized carbons (Fsp3) is 0.118. The maximum Gasteiger partial charge on any atom is 0.262 e. The van der Waals surface area contributed by atoms with E-state index in [0.29, 0.717) is 30.0 Å². The van der Waals surface area contributed by atoms with Gasteiger partial charge in [0.05, 0.1) is 28.4 Å². The Hall–Kier alpha value is -2.33. The van der Waals surface area contributed by atoms with E-state index in [1.54, 1.807) is 10.6 Å². The van der Waals surface area contributed by atoms with Gasteiger partial charge in [-0.3, -0.25) is 9.36 Å². The highest BCUT2D eigenvalue weighted by molar-refractivity contribution is 6.30. The molecule has 0 atom stereocenters. The first-order valence-corrected chi connectivity index (χ1v) is 7.29. The number of benzene rings is 2. The molecule has 1 aromatic heterocycles. The van der Waals surface area contributed by atoms with Gasteiger partial charge in [0.1, 0.15) is 11.6 Å². The largest absolute Gasteiger partial charge is 0.492 e. The first-order valence-electron chi connectivity index (χ1n) is 6.91. The summed E-state index contributed by atoms with van der Waals surface area (Å²) in [6.45, 7) is 0.503. The SMILES string of the molecule is O=c1c2c(c3ccccc3n1-c1ccc(F)c(Cl)c1)OCC2. The van der Waals surface area contributed by atoms with Crippen LogP contribution in [0.5, 0.6) is 5.75 Å². The minimum Gasteiger partial charge on any atom is -0.492 e. The molecule has 2 heterocycles. The first-order chi connectivity index (χ1) is 10.7. The van der Waals surface area contributed by atoms with Crippen LogP contribution in [0.4, 0.5) is 4.39 Å². The monoisotopic (exact) mass is 315 g/mol. The molecule has 4 rings (SSSR count). The van der Waals surface area contributed by atoms with Gasteiger partial charge in [0.15, 0.2) is 0 Å². The number of pyridine rings is 1. The van der Waals surface area contributed by atoms with Crippen LogP contribution < -0.4 is 10.3 Å². The second-order valence-corrected chi connectivity index (χ2v) is 5.57. The van der Waals surface area contributed by atoms with Crippen LogP contribution in [0.3, 0.4) is 0 Å². The number of para-hydroxylation sites is 1. The van der Waals surface area contributed by atoms with Crippen LogP contribution in [-0.4, -0.2) is 11.2 Å². The van der Waals surface area contributed by atoms with Gasteiger partial charge in [0.25, 0.3) is 5.56 Å². The molecule has 0 saturated carbocycles. The predicted octanol–water partition coefficient (Wildman–Crippen LogP) is 3.72. The van der Waals surface area contributed by atoms with E-state index in [-0.39, 0.29) is 10.6 Å². The van der Waals surface area contributed by atoms with Crippen molar-refractivity contribution in [3.63, 3.8) is 0 Å². The molecular formula is C17H11ClFNO2. The molecule has 2 aromatic carbocycles. The van der Waals surface area contributed by atoms with Crippen LogP contribution >= 0.6 is 11.6 Å². The Balaban J connectivity index is 2.14. The fourth-order valence-corrected chi connectivity index (χ4v) is 3.06. The van der Waals surface area contributed by atoms with E-state index in [4.69, 9.17) is 16.3 Å². The minimum absolute atomic E-state index is 0.00905. The Kier molecular flexibility index (Phi) is 2.94. The fourth-order valence-electron chi connectivity index (χ4n) is 2.89. The first kappa shape index (κ1) is 13.3. The van der Waals surface area contributed by atoms with E-state index in [9.17, 15) is 9.18 Å². The number of nitrogens with zero attached hydrogens (tertiary/aromatic N) is 1. The number of fused-ring (bicyclic) bond motifs is 3. The summed E-state index contributed by atoms with van der Waals surface area (Å²) in [4.78, 5) is 12.8. The summed E-state index contributed by atoms with van der Waals surface area (Å²) in [5.74, 6) is 0.150. The van der Waals surface area contributed by atoms with Crippen molar-refractivity contribution < 1.29 is 9.13 Å². The van der Waals surface area contributed by atoms with E-state index in [1.807, 2.05) is 24.3 Å². The molecule has 1 aliphatic rings. The van der Waals surface area contributed by atoms with Gasteiger partial charge in [-0.15, -0.1) is 0 Å². The molecule has 0 aliphatic carbocycles. The summed E-state index contributed by atoms with van der Waals surface area (Å²) < 4.78 is 20.6. The van der Waals surface area contributed by atoms with Crippen LogP contribution in [0.25, 0.3) is 16.6 Å². The van der Waals surface area contributed by atoms with E-state index < -0.39 is 5.82 Å². The van der Waals surface area contributed by atoms with Crippen molar-refractivity contribution >= 4 is 22.5 Å². The number of rotatable bonds is 1. The third-order valence-corrected chi connectivity index (χ3v) is 4.17. The van der Waals surface area contributed by atoms with Crippen molar-refractivity contribution in [2.45, 2.75) is 6.42 Å². The van der Waals surface area contributed by atoms with Crippen molar-refractivity contribution in [1.82, 2.24) is 4.57 Å². The molecule has 0 amide bonds. The van der Waals surface area contributed by atoms with E-state index in [1.165, 1.54) is 12.1 Å². The molecule has 110 valence electrons. The Morgan fingerprint density at radius 2 is 2.00 bits per heavy atom. The molecule has 0 unspecified atom stereocenters. The molecule has 0 spiro atoms. The second-order valence-electron chi connectivity index (χ2n) is 5.16. The third-order valence-electron chi connectivity index (χ3n) is 3.88. The molecule has 5 heteroatoms. The number of ether oxygens (including phenoxy) is 1. The molecule has 3 nitrogen and oxygen atoms in total. The molecule has 0 radical (unpaired) electrons. The van der Waals surface area contributed by atoms with Crippen molar-refractivity contribution in [2.75, 3.05) is 6.61 Å². The minimum atomic E-state index is -0.507. The molecule has 0 saturated heterocycles. The van der Waals surface area contributed by atoms with Crippen LogP contribution in [0, 0.1) is 5.82 Å². The standard InChI is InChI=1S/C17H11ClFNO2/c18-13-9-10(5-6-14(13)19)20-15-4-2-1-3-11(15)16-12(17(20)21)7-8-22-16/h1-6,9H,7-8H2. The quantitative estimate of drug-likeness (QED) is 0.685. The average Bonchev–Trinajstić information content (AvgIpc) is 3.01. The Morgan fingerprint density at radius 1 is 1.18 bits per heavy atom. The van der Waals surface area contributed by atoms with E-state index in [0.717, 1.165) is 10.9 Å². The lowest BCUT2D eigenvalue weighted by atomic mass is 10.1. The molecular weight excluding hydrogens is 305 g/mol. The van der Waals surface area contributed by atoms with E-state index in [2.05, 4.69) is 0 Å². The Bertz CT molecular complexity index is 965. The zero-order valence-electron chi connectivity index (χ0n) is 11.5. The van der Waals surface area contributed by atoms with Gasteiger partial charge < -0.3 is 4.74 Å². The third kappa shape index (κ3) is 1.84. The molecule has 0 fully saturated rings. The number of aromatic nitrogens is 1.